The lowest BCUT2D eigenvalue weighted by atomic mass is 10.2. The Morgan fingerprint density at radius 2 is 1.52 bits per heavy atom. The molecule has 0 unspecified atom stereocenters. The van der Waals surface area contributed by atoms with E-state index in [2.05, 4.69) is 0 Å². The standard InChI is InChI=1S/C17H17F3N2O2S/c1-12-4-2-3-5-15(12)25(23,24)22-10-8-21(9-11-22)14-7-6-13(18)16(19)17(14)20/h2-7H,8-11H2,1H3. The topological polar surface area (TPSA) is 40.6 Å². The zero-order chi connectivity index (χ0) is 18.2. The third-order valence-electron chi connectivity index (χ3n) is 4.31. The predicted molar refractivity (Wildman–Crippen MR) is 88.5 cm³/mol. The third kappa shape index (κ3) is 3.23. The van der Waals surface area contributed by atoms with Crippen molar-refractivity contribution in [1.29, 1.82) is 0 Å². The van der Waals surface area contributed by atoms with Crippen LogP contribution in [0, 0.1) is 24.4 Å². The highest BCUT2D eigenvalue weighted by atomic mass is 32.2. The average molecular weight is 370 g/mol. The van der Waals surface area contributed by atoms with Crippen molar-refractivity contribution in [2.45, 2.75) is 11.8 Å². The summed E-state index contributed by atoms with van der Waals surface area (Å²) in [5.74, 6) is -4.02. The summed E-state index contributed by atoms with van der Waals surface area (Å²) in [5, 5.41) is 0. The number of sulfonamides is 1. The summed E-state index contributed by atoms with van der Waals surface area (Å²) in [5.41, 5.74) is 0.586. The molecule has 0 N–H and O–H groups in total. The molecule has 3 rings (SSSR count). The first-order chi connectivity index (χ1) is 11.8. The van der Waals surface area contributed by atoms with Crippen LogP contribution in [-0.2, 0) is 10.0 Å². The highest BCUT2D eigenvalue weighted by Crippen LogP contribution is 2.26. The second-order valence-corrected chi connectivity index (χ2v) is 7.76. The quantitative estimate of drug-likeness (QED) is 0.780. The largest absolute Gasteiger partial charge is 0.366 e. The molecule has 4 nitrogen and oxygen atoms in total. The lowest BCUT2D eigenvalue weighted by Gasteiger charge is -2.35. The zero-order valence-corrected chi connectivity index (χ0v) is 14.4. The summed E-state index contributed by atoms with van der Waals surface area (Å²) in [6.45, 7) is 2.37. The average Bonchev–Trinajstić information content (AvgIpc) is 2.60. The number of benzene rings is 2. The second kappa shape index (κ2) is 6.68. The number of rotatable bonds is 3. The highest BCUT2D eigenvalue weighted by Gasteiger charge is 2.30. The molecule has 0 aliphatic carbocycles. The van der Waals surface area contributed by atoms with E-state index in [1.165, 1.54) is 15.3 Å². The van der Waals surface area contributed by atoms with Gasteiger partial charge >= 0.3 is 0 Å². The molecule has 1 fully saturated rings. The molecule has 1 saturated heterocycles. The van der Waals surface area contributed by atoms with Gasteiger partial charge in [0, 0.05) is 26.2 Å². The number of nitrogens with zero attached hydrogens (tertiary/aromatic N) is 2. The summed E-state index contributed by atoms with van der Waals surface area (Å²) in [6, 6.07) is 8.72. The number of piperazine rings is 1. The summed E-state index contributed by atoms with van der Waals surface area (Å²) in [6.07, 6.45) is 0. The van der Waals surface area contributed by atoms with Crippen molar-refractivity contribution in [1.82, 2.24) is 4.31 Å². The summed E-state index contributed by atoms with van der Waals surface area (Å²) < 4.78 is 67.2. The van der Waals surface area contributed by atoms with Crippen LogP contribution in [0.25, 0.3) is 0 Å². The minimum atomic E-state index is -3.64. The van der Waals surface area contributed by atoms with Crippen molar-refractivity contribution < 1.29 is 21.6 Å². The van der Waals surface area contributed by atoms with Gasteiger partial charge in [0.25, 0.3) is 0 Å². The Hall–Kier alpha value is -2.06. The molecular weight excluding hydrogens is 353 g/mol. The number of hydrogen-bond acceptors (Lipinski definition) is 3. The summed E-state index contributed by atoms with van der Waals surface area (Å²) >= 11 is 0. The lowest BCUT2D eigenvalue weighted by molar-refractivity contribution is 0.380. The first kappa shape index (κ1) is 17.8. The van der Waals surface area contributed by atoms with Gasteiger partial charge in [-0.2, -0.15) is 4.31 Å². The van der Waals surface area contributed by atoms with Gasteiger partial charge < -0.3 is 4.90 Å². The van der Waals surface area contributed by atoms with Crippen LogP contribution in [0.5, 0.6) is 0 Å². The molecule has 0 aromatic heterocycles. The van der Waals surface area contributed by atoms with Gasteiger partial charge in [-0.25, -0.2) is 21.6 Å². The monoisotopic (exact) mass is 370 g/mol. The highest BCUT2D eigenvalue weighted by molar-refractivity contribution is 7.89. The van der Waals surface area contributed by atoms with Crippen molar-refractivity contribution in [2.24, 2.45) is 0 Å². The van der Waals surface area contributed by atoms with Gasteiger partial charge in [0.05, 0.1) is 10.6 Å². The van der Waals surface area contributed by atoms with Gasteiger partial charge in [0.1, 0.15) is 0 Å². The van der Waals surface area contributed by atoms with E-state index in [0.717, 1.165) is 6.07 Å². The Morgan fingerprint density at radius 1 is 0.880 bits per heavy atom. The minimum absolute atomic E-state index is 0.0631. The fourth-order valence-corrected chi connectivity index (χ4v) is 4.56. The van der Waals surface area contributed by atoms with Crippen LogP contribution in [-0.4, -0.2) is 38.9 Å². The van der Waals surface area contributed by atoms with Gasteiger partial charge in [-0.3, -0.25) is 0 Å². The van der Waals surface area contributed by atoms with E-state index in [9.17, 15) is 21.6 Å². The molecule has 1 aliphatic heterocycles. The smallest absolute Gasteiger partial charge is 0.243 e. The van der Waals surface area contributed by atoms with E-state index >= 15 is 0 Å². The Morgan fingerprint density at radius 3 is 2.16 bits per heavy atom. The third-order valence-corrected chi connectivity index (χ3v) is 6.36. The molecule has 2 aromatic rings. The molecule has 0 bridgehead atoms. The first-order valence-corrected chi connectivity index (χ1v) is 9.20. The van der Waals surface area contributed by atoms with Crippen LogP contribution in [0.3, 0.4) is 0 Å². The predicted octanol–water partition coefficient (Wildman–Crippen LogP) is 2.92. The van der Waals surface area contributed by atoms with Gasteiger partial charge in [0.15, 0.2) is 17.5 Å². The Labute approximate surface area is 144 Å². The normalized spacial score (nSPS) is 16.2. The maximum atomic E-state index is 13.9. The summed E-state index contributed by atoms with van der Waals surface area (Å²) in [7, 11) is -3.64. The molecule has 1 aliphatic rings. The number of halogens is 3. The van der Waals surface area contributed by atoms with E-state index in [0.29, 0.717) is 5.56 Å². The van der Waals surface area contributed by atoms with Crippen molar-refractivity contribution >= 4 is 15.7 Å². The Kier molecular flexibility index (Phi) is 4.75. The zero-order valence-electron chi connectivity index (χ0n) is 13.5. The van der Waals surface area contributed by atoms with Crippen LogP contribution in [0.1, 0.15) is 5.56 Å². The molecule has 0 atom stereocenters. The fourth-order valence-electron chi connectivity index (χ4n) is 2.91. The molecule has 0 saturated carbocycles. The van der Waals surface area contributed by atoms with Crippen LogP contribution >= 0.6 is 0 Å². The maximum absolute atomic E-state index is 13.9. The maximum Gasteiger partial charge on any atom is 0.243 e. The van der Waals surface area contributed by atoms with E-state index < -0.39 is 27.5 Å². The Bertz CT molecular complexity index is 895. The molecule has 0 amide bonds. The van der Waals surface area contributed by atoms with Crippen molar-refractivity contribution in [2.75, 3.05) is 31.1 Å². The molecular formula is C17H17F3N2O2S. The van der Waals surface area contributed by atoms with E-state index in [1.54, 1.807) is 31.2 Å². The van der Waals surface area contributed by atoms with Crippen molar-refractivity contribution in [3.05, 3.63) is 59.4 Å². The second-order valence-electron chi connectivity index (χ2n) is 5.85. The summed E-state index contributed by atoms with van der Waals surface area (Å²) in [4.78, 5) is 1.75. The molecule has 25 heavy (non-hydrogen) atoms. The fraction of sp³-hybridized carbons (Fsp3) is 0.294. The van der Waals surface area contributed by atoms with Crippen LogP contribution < -0.4 is 4.90 Å². The van der Waals surface area contributed by atoms with Crippen LogP contribution in [0.15, 0.2) is 41.3 Å². The van der Waals surface area contributed by atoms with Crippen LogP contribution in [0.2, 0.25) is 0 Å². The van der Waals surface area contributed by atoms with E-state index in [-0.39, 0.29) is 36.8 Å². The van der Waals surface area contributed by atoms with Gasteiger partial charge in [0.2, 0.25) is 10.0 Å². The van der Waals surface area contributed by atoms with Gasteiger partial charge in [-0.05, 0) is 30.7 Å². The number of aryl methyl sites for hydroxylation is 1. The number of hydrogen-bond donors (Lipinski definition) is 0. The Balaban J connectivity index is 1.79. The van der Waals surface area contributed by atoms with Gasteiger partial charge in [-0.15, -0.1) is 0 Å². The van der Waals surface area contributed by atoms with E-state index in [4.69, 9.17) is 0 Å². The molecule has 0 spiro atoms. The SMILES string of the molecule is Cc1ccccc1S(=O)(=O)N1CCN(c2ccc(F)c(F)c2F)CC1. The van der Waals surface area contributed by atoms with E-state index in [1.807, 2.05) is 0 Å². The van der Waals surface area contributed by atoms with Gasteiger partial charge in [-0.1, -0.05) is 18.2 Å². The minimum Gasteiger partial charge on any atom is -0.366 e. The molecule has 8 heteroatoms. The molecule has 0 radical (unpaired) electrons. The van der Waals surface area contributed by atoms with Crippen molar-refractivity contribution in [3.63, 3.8) is 0 Å². The first-order valence-electron chi connectivity index (χ1n) is 7.76. The van der Waals surface area contributed by atoms with Crippen molar-refractivity contribution in [3.8, 4) is 0 Å². The molecule has 134 valence electrons. The van der Waals surface area contributed by atoms with Crippen LogP contribution in [0.4, 0.5) is 18.9 Å². The molecule has 1 heterocycles. The number of anilines is 1. The lowest BCUT2D eigenvalue weighted by Crippen LogP contribution is -2.49. The molecule has 2 aromatic carbocycles.